The van der Waals surface area contributed by atoms with Crippen molar-refractivity contribution in [2.75, 3.05) is 25.9 Å². The van der Waals surface area contributed by atoms with Gasteiger partial charge in [-0.25, -0.2) is 12.8 Å². The molecule has 1 fully saturated rings. The van der Waals surface area contributed by atoms with Crippen LogP contribution in [0.15, 0.2) is 17.0 Å². The van der Waals surface area contributed by atoms with Crippen LogP contribution in [0.3, 0.4) is 0 Å². The summed E-state index contributed by atoms with van der Waals surface area (Å²) in [5.74, 6) is -0.909. The second kappa shape index (κ2) is 6.02. The third kappa shape index (κ3) is 3.27. The third-order valence-electron chi connectivity index (χ3n) is 3.27. The van der Waals surface area contributed by atoms with E-state index in [4.69, 9.17) is 10.5 Å². The van der Waals surface area contributed by atoms with Crippen LogP contribution in [0.25, 0.3) is 0 Å². The Bertz CT molecular complexity index is 603. The molecule has 1 aliphatic rings. The second-order valence-electron chi connectivity index (χ2n) is 5.11. The number of anilines is 1. The van der Waals surface area contributed by atoms with Crippen molar-refractivity contribution >= 4 is 27.5 Å². The summed E-state index contributed by atoms with van der Waals surface area (Å²) in [6.45, 7) is 4.77. The molecule has 0 aliphatic carbocycles. The lowest BCUT2D eigenvalue weighted by atomic mass is 10.3. The van der Waals surface area contributed by atoms with E-state index in [9.17, 15) is 12.8 Å². The first-order valence-electron chi connectivity index (χ1n) is 6.54. The maximum absolute atomic E-state index is 13.9. The lowest BCUT2D eigenvalue weighted by Gasteiger charge is -2.33. The Morgan fingerprint density at radius 1 is 1.33 bits per heavy atom. The molecule has 0 spiro atoms. The summed E-state index contributed by atoms with van der Waals surface area (Å²) >= 11 is 1.74. The van der Waals surface area contributed by atoms with Crippen LogP contribution in [-0.4, -0.2) is 43.4 Å². The number of ether oxygens (including phenoxy) is 1. The van der Waals surface area contributed by atoms with Crippen molar-refractivity contribution in [2.45, 2.75) is 29.2 Å². The Morgan fingerprint density at radius 2 is 1.90 bits per heavy atom. The molecular formula is C13H19FN2O3S2. The fourth-order valence-electron chi connectivity index (χ4n) is 2.43. The van der Waals surface area contributed by atoms with Crippen molar-refractivity contribution in [1.82, 2.24) is 4.31 Å². The number of sulfonamides is 1. The van der Waals surface area contributed by atoms with Gasteiger partial charge in [0.2, 0.25) is 10.0 Å². The lowest BCUT2D eigenvalue weighted by Crippen LogP contribution is -2.43. The number of rotatable bonds is 3. The maximum Gasteiger partial charge on any atom is 0.243 e. The first-order chi connectivity index (χ1) is 9.75. The van der Waals surface area contributed by atoms with E-state index in [-0.39, 0.29) is 26.8 Å². The van der Waals surface area contributed by atoms with Crippen LogP contribution in [0.2, 0.25) is 0 Å². The van der Waals surface area contributed by atoms with Crippen LogP contribution >= 0.6 is 11.8 Å². The molecule has 118 valence electrons. The number of nitrogens with zero attached hydrogens (tertiary/aromatic N) is 1. The van der Waals surface area contributed by atoms with Gasteiger partial charge in [-0.15, -0.1) is 0 Å². The van der Waals surface area contributed by atoms with Crippen LogP contribution in [0.1, 0.15) is 13.8 Å². The molecule has 2 atom stereocenters. The van der Waals surface area contributed by atoms with Crippen LogP contribution in [0.5, 0.6) is 5.75 Å². The minimum absolute atomic E-state index is 0.0245. The standard InChI is InChI=1S/C13H19FN2O3S2/c1-8-6-16(7-9(2)20-8)21(17,18)10-4-11(14)13(19-3)12(15)5-10/h4-5,8-9H,6-7,15H2,1-3H3. The van der Waals surface area contributed by atoms with E-state index >= 15 is 0 Å². The van der Waals surface area contributed by atoms with Gasteiger partial charge in [-0.2, -0.15) is 16.1 Å². The zero-order chi connectivity index (χ0) is 15.8. The van der Waals surface area contributed by atoms with Gasteiger partial charge in [0.1, 0.15) is 0 Å². The van der Waals surface area contributed by atoms with Gasteiger partial charge in [0.05, 0.1) is 17.7 Å². The highest BCUT2D eigenvalue weighted by molar-refractivity contribution is 8.00. The Labute approximate surface area is 128 Å². The molecule has 8 heteroatoms. The molecule has 1 aromatic rings. The van der Waals surface area contributed by atoms with Gasteiger partial charge in [-0.3, -0.25) is 0 Å². The van der Waals surface area contributed by atoms with E-state index in [1.165, 1.54) is 17.5 Å². The molecule has 0 aromatic heterocycles. The van der Waals surface area contributed by atoms with Crippen LogP contribution in [0, 0.1) is 5.82 Å². The Hall–Kier alpha value is -0.990. The van der Waals surface area contributed by atoms with Crippen molar-refractivity contribution in [3.05, 3.63) is 17.9 Å². The van der Waals surface area contributed by atoms with Gasteiger partial charge in [-0.05, 0) is 12.1 Å². The lowest BCUT2D eigenvalue weighted by molar-refractivity contribution is 0.386. The molecule has 2 rings (SSSR count). The van der Waals surface area contributed by atoms with E-state index in [1.54, 1.807) is 11.8 Å². The molecular weight excluding hydrogens is 315 g/mol. The molecule has 2 unspecified atom stereocenters. The van der Waals surface area contributed by atoms with Gasteiger partial charge < -0.3 is 10.5 Å². The Morgan fingerprint density at radius 3 is 2.38 bits per heavy atom. The topological polar surface area (TPSA) is 72.6 Å². The molecule has 1 heterocycles. The number of hydrogen-bond acceptors (Lipinski definition) is 5. The SMILES string of the molecule is COc1c(N)cc(S(=O)(=O)N2CC(C)SC(C)C2)cc1F. The van der Waals surface area contributed by atoms with E-state index < -0.39 is 15.8 Å². The van der Waals surface area contributed by atoms with Crippen molar-refractivity contribution in [2.24, 2.45) is 0 Å². The number of nitrogen functional groups attached to an aromatic ring is 1. The maximum atomic E-state index is 13.9. The summed E-state index contributed by atoms with van der Waals surface area (Å²) in [6.07, 6.45) is 0. The predicted molar refractivity (Wildman–Crippen MR) is 82.6 cm³/mol. The van der Waals surface area contributed by atoms with Crippen molar-refractivity contribution < 1.29 is 17.5 Å². The van der Waals surface area contributed by atoms with Gasteiger partial charge in [0.25, 0.3) is 0 Å². The third-order valence-corrected chi connectivity index (χ3v) is 6.31. The Balaban J connectivity index is 2.40. The molecule has 1 saturated heterocycles. The normalized spacial score (nSPS) is 24.0. The largest absolute Gasteiger partial charge is 0.492 e. The van der Waals surface area contributed by atoms with E-state index in [1.807, 2.05) is 13.8 Å². The van der Waals surface area contributed by atoms with Gasteiger partial charge in [-0.1, -0.05) is 13.8 Å². The minimum atomic E-state index is -3.75. The van der Waals surface area contributed by atoms with Crippen molar-refractivity contribution in [3.63, 3.8) is 0 Å². The van der Waals surface area contributed by atoms with Gasteiger partial charge in [0, 0.05) is 23.6 Å². The van der Waals surface area contributed by atoms with Gasteiger partial charge in [0.15, 0.2) is 11.6 Å². The molecule has 21 heavy (non-hydrogen) atoms. The Kier molecular flexibility index (Phi) is 4.69. The average molecular weight is 334 g/mol. The molecule has 2 N–H and O–H groups in total. The number of thioether (sulfide) groups is 1. The molecule has 1 aliphatic heterocycles. The number of nitrogens with two attached hydrogens (primary N) is 1. The molecule has 0 radical (unpaired) electrons. The molecule has 1 aromatic carbocycles. The van der Waals surface area contributed by atoms with Gasteiger partial charge >= 0.3 is 0 Å². The predicted octanol–water partition coefficient (Wildman–Crippen LogP) is 1.93. The number of benzene rings is 1. The molecule has 0 amide bonds. The van der Waals surface area contributed by atoms with Crippen LogP contribution in [-0.2, 0) is 10.0 Å². The quantitative estimate of drug-likeness (QED) is 0.855. The monoisotopic (exact) mass is 334 g/mol. The molecule has 0 bridgehead atoms. The first-order valence-corrected chi connectivity index (χ1v) is 8.92. The number of hydrogen-bond donors (Lipinski definition) is 1. The zero-order valence-electron chi connectivity index (χ0n) is 12.2. The summed E-state index contributed by atoms with van der Waals surface area (Å²) in [6, 6.07) is 2.20. The van der Waals surface area contributed by atoms with E-state index in [0.717, 1.165) is 6.07 Å². The highest BCUT2D eigenvalue weighted by Crippen LogP contribution is 2.32. The number of methoxy groups -OCH3 is 1. The zero-order valence-corrected chi connectivity index (χ0v) is 13.8. The van der Waals surface area contributed by atoms with Crippen molar-refractivity contribution in [3.8, 4) is 5.75 Å². The minimum Gasteiger partial charge on any atom is -0.492 e. The fraction of sp³-hybridized carbons (Fsp3) is 0.538. The second-order valence-corrected chi connectivity index (χ2v) is 8.93. The van der Waals surface area contributed by atoms with E-state index in [2.05, 4.69) is 0 Å². The van der Waals surface area contributed by atoms with Crippen LogP contribution in [0.4, 0.5) is 10.1 Å². The summed E-state index contributed by atoms with van der Waals surface area (Å²) < 4.78 is 45.3. The first kappa shape index (κ1) is 16.4. The highest BCUT2D eigenvalue weighted by Gasteiger charge is 2.33. The number of halogens is 1. The fourth-order valence-corrected chi connectivity index (χ4v) is 5.61. The summed E-state index contributed by atoms with van der Waals surface area (Å²) in [5, 5.41) is 0.396. The summed E-state index contributed by atoms with van der Waals surface area (Å²) in [5.41, 5.74) is 5.64. The van der Waals surface area contributed by atoms with E-state index in [0.29, 0.717) is 13.1 Å². The highest BCUT2D eigenvalue weighted by atomic mass is 32.2. The molecule has 0 saturated carbocycles. The summed E-state index contributed by atoms with van der Waals surface area (Å²) in [4.78, 5) is -0.135. The smallest absolute Gasteiger partial charge is 0.243 e. The van der Waals surface area contributed by atoms with Crippen molar-refractivity contribution in [1.29, 1.82) is 0 Å². The average Bonchev–Trinajstić information content (AvgIpc) is 2.37. The summed E-state index contributed by atoms with van der Waals surface area (Å²) in [7, 11) is -2.47. The van der Waals surface area contributed by atoms with Crippen LogP contribution < -0.4 is 10.5 Å². The molecule has 5 nitrogen and oxygen atoms in total.